The molecule has 0 atom stereocenters. The molecule has 150 valence electrons. The summed E-state index contributed by atoms with van der Waals surface area (Å²) in [6.07, 6.45) is 3.49. The number of allylic oxidation sites excluding steroid dienone is 3. The Morgan fingerprint density at radius 2 is 1.89 bits per heavy atom. The molecular weight excluding hydrogens is 358 g/mol. The molecule has 0 saturated carbocycles. The van der Waals surface area contributed by atoms with E-state index in [-0.39, 0.29) is 0 Å². The lowest BCUT2D eigenvalue weighted by Gasteiger charge is -2.10. The van der Waals surface area contributed by atoms with Crippen molar-refractivity contribution in [1.82, 2.24) is 4.98 Å². The number of nitrogens with one attached hydrogen (secondary N) is 1. The van der Waals surface area contributed by atoms with Crippen molar-refractivity contribution in [1.29, 1.82) is 0 Å². The molecule has 0 saturated heterocycles. The van der Waals surface area contributed by atoms with Crippen LogP contribution in [0.5, 0.6) is 0 Å². The maximum Gasteiger partial charge on any atom is 0.183 e. The van der Waals surface area contributed by atoms with Gasteiger partial charge in [0.1, 0.15) is 5.76 Å². The molecule has 5 nitrogen and oxygen atoms in total. The van der Waals surface area contributed by atoms with E-state index in [1.807, 2.05) is 39.2 Å². The highest BCUT2D eigenvalue weighted by atomic mass is 32.1. The topological polar surface area (TPSA) is 55.7 Å². The summed E-state index contributed by atoms with van der Waals surface area (Å²) in [7, 11) is 3.18. The summed E-state index contributed by atoms with van der Waals surface area (Å²) in [5.41, 5.74) is 2.96. The van der Waals surface area contributed by atoms with Gasteiger partial charge in [0, 0.05) is 23.1 Å². The number of hydrogen-bond acceptors (Lipinski definition) is 6. The summed E-state index contributed by atoms with van der Waals surface area (Å²) in [5.74, 6) is 1.21. The highest BCUT2D eigenvalue weighted by Gasteiger charge is 2.10. The SMILES string of the molecule is C=C/C(C(=C)OC)=C(\C=C(/C)OC)N=C(C)c1csc(NC(C)C)n1.CC. The van der Waals surface area contributed by atoms with Crippen LogP contribution in [0.4, 0.5) is 5.13 Å². The van der Waals surface area contributed by atoms with Crippen molar-refractivity contribution >= 4 is 22.2 Å². The van der Waals surface area contributed by atoms with E-state index >= 15 is 0 Å². The van der Waals surface area contributed by atoms with Gasteiger partial charge in [0.05, 0.1) is 37.1 Å². The molecule has 0 amide bonds. The lowest BCUT2D eigenvalue weighted by molar-refractivity contribution is 0.293. The molecular formula is C21H33N3O2S. The second kappa shape index (κ2) is 12.9. The van der Waals surface area contributed by atoms with Crippen LogP contribution in [0.25, 0.3) is 0 Å². The minimum absolute atomic E-state index is 0.330. The molecule has 1 rings (SSSR count). The fourth-order valence-corrected chi connectivity index (χ4v) is 2.79. The molecule has 1 heterocycles. The van der Waals surface area contributed by atoms with Crippen LogP contribution >= 0.6 is 11.3 Å². The quantitative estimate of drug-likeness (QED) is 0.321. The number of nitrogens with zero attached hydrogens (tertiary/aromatic N) is 2. The second-order valence-corrected chi connectivity index (χ2v) is 6.48. The first-order valence-electron chi connectivity index (χ1n) is 8.92. The van der Waals surface area contributed by atoms with Crippen LogP contribution in [-0.2, 0) is 9.47 Å². The van der Waals surface area contributed by atoms with Crippen molar-refractivity contribution in [3.05, 3.63) is 59.2 Å². The first-order chi connectivity index (χ1) is 12.8. The summed E-state index contributed by atoms with van der Waals surface area (Å²) in [5, 5.41) is 6.15. The van der Waals surface area contributed by atoms with Gasteiger partial charge in [0.25, 0.3) is 0 Å². The van der Waals surface area contributed by atoms with E-state index in [1.54, 1.807) is 31.6 Å². The van der Waals surface area contributed by atoms with Crippen LogP contribution in [0.1, 0.15) is 47.2 Å². The Morgan fingerprint density at radius 1 is 1.26 bits per heavy atom. The third kappa shape index (κ3) is 8.26. The van der Waals surface area contributed by atoms with Gasteiger partial charge >= 0.3 is 0 Å². The molecule has 0 aliphatic carbocycles. The number of aromatic nitrogens is 1. The van der Waals surface area contributed by atoms with Crippen LogP contribution in [0.15, 0.2) is 58.5 Å². The zero-order valence-electron chi connectivity index (χ0n) is 17.8. The molecule has 0 aliphatic heterocycles. The molecule has 0 spiro atoms. The summed E-state index contributed by atoms with van der Waals surface area (Å²) in [6.45, 7) is 19.7. The largest absolute Gasteiger partial charge is 0.501 e. The van der Waals surface area contributed by atoms with Gasteiger partial charge in [-0.15, -0.1) is 11.3 Å². The standard InChI is InChI=1S/C19H27N3O2S.C2H6/c1-9-16(15(6)24-8)17(10-13(4)23-7)21-14(5)18-11-25-19(22-18)20-12(2)3;1-2/h9-12H,1,6H2,2-5,7-8H3,(H,20,22);1-2H3/b13-10+,17-16-,21-14?;. The first kappa shape index (κ1) is 24.7. The van der Waals surface area contributed by atoms with Crippen molar-refractivity contribution in [3.8, 4) is 0 Å². The van der Waals surface area contributed by atoms with E-state index in [0.29, 0.717) is 23.1 Å². The number of hydrogen-bond donors (Lipinski definition) is 1. The van der Waals surface area contributed by atoms with Crippen molar-refractivity contribution < 1.29 is 9.47 Å². The lowest BCUT2D eigenvalue weighted by atomic mass is 10.1. The number of methoxy groups -OCH3 is 2. The normalized spacial score (nSPS) is 12.6. The third-order valence-corrected chi connectivity index (χ3v) is 4.04. The molecule has 1 aromatic rings. The Labute approximate surface area is 168 Å². The van der Waals surface area contributed by atoms with Crippen molar-refractivity contribution in [3.63, 3.8) is 0 Å². The zero-order chi connectivity index (χ0) is 21.0. The molecule has 0 bridgehead atoms. The Morgan fingerprint density at radius 3 is 2.37 bits per heavy atom. The molecule has 1 aromatic heterocycles. The number of aliphatic imine (C=N–C) groups is 1. The van der Waals surface area contributed by atoms with Crippen LogP contribution in [0, 0.1) is 0 Å². The minimum atomic E-state index is 0.330. The van der Waals surface area contributed by atoms with Crippen LogP contribution in [-0.4, -0.2) is 31.0 Å². The zero-order valence-corrected chi connectivity index (χ0v) is 18.7. The van der Waals surface area contributed by atoms with E-state index in [0.717, 1.165) is 22.3 Å². The average molecular weight is 392 g/mol. The van der Waals surface area contributed by atoms with Gasteiger partial charge in [0.15, 0.2) is 5.13 Å². The van der Waals surface area contributed by atoms with Gasteiger partial charge in [-0.05, 0) is 27.7 Å². The van der Waals surface area contributed by atoms with E-state index in [9.17, 15) is 0 Å². The number of thiazole rings is 1. The number of ether oxygens (including phenoxy) is 2. The summed E-state index contributed by atoms with van der Waals surface area (Å²) in [6, 6.07) is 0.330. The Kier molecular flexibility index (Phi) is 11.8. The first-order valence-corrected chi connectivity index (χ1v) is 9.80. The molecule has 1 N–H and O–H groups in total. The predicted octanol–water partition coefficient (Wildman–Crippen LogP) is 5.95. The van der Waals surface area contributed by atoms with E-state index in [1.165, 1.54) is 0 Å². The molecule has 0 unspecified atom stereocenters. The third-order valence-electron chi connectivity index (χ3n) is 3.26. The number of rotatable bonds is 9. The van der Waals surface area contributed by atoms with Crippen LogP contribution < -0.4 is 5.32 Å². The predicted molar refractivity (Wildman–Crippen MR) is 119 cm³/mol. The maximum atomic E-state index is 5.25. The molecule has 0 radical (unpaired) electrons. The smallest absolute Gasteiger partial charge is 0.183 e. The summed E-state index contributed by atoms with van der Waals surface area (Å²) in [4.78, 5) is 9.29. The molecule has 0 aromatic carbocycles. The van der Waals surface area contributed by atoms with E-state index < -0.39 is 0 Å². The highest BCUT2D eigenvalue weighted by molar-refractivity contribution is 7.13. The fraction of sp³-hybridized carbons (Fsp3) is 0.429. The van der Waals surface area contributed by atoms with Crippen molar-refractivity contribution in [2.24, 2.45) is 4.99 Å². The fourth-order valence-electron chi connectivity index (χ4n) is 1.88. The van der Waals surface area contributed by atoms with Gasteiger partial charge in [-0.2, -0.15) is 0 Å². The summed E-state index contributed by atoms with van der Waals surface area (Å²) >= 11 is 1.56. The Hall–Kier alpha value is -2.34. The highest BCUT2D eigenvalue weighted by Crippen LogP contribution is 2.22. The number of anilines is 1. The molecule has 6 heteroatoms. The maximum absolute atomic E-state index is 5.25. The van der Waals surface area contributed by atoms with Gasteiger partial charge in [-0.25, -0.2) is 4.98 Å². The molecule has 0 fully saturated rings. The van der Waals surface area contributed by atoms with Crippen LogP contribution in [0.2, 0.25) is 0 Å². The lowest BCUT2D eigenvalue weighted by Crippen LogP contribution is -2.09. The van der Waals surface area contributed by atoms with Crippen LogP contribution in [0.3, 0.4) is 0 Å². The Balaban J connectivity index is 0.00000326. The van der Waals surface area contributed by atoms with E-state index in [2.05, 4.69) is 37.3 Å². The monoisotopic (exact) mass is 391 g/mol. The minimum Gasteiger partial charge on any atom is -0.501 e. The van der Waals surface area contributed by atoms with Gasteiger partial charge in [0.2, 0.25) is 0 Å². The molecule has 27 heavy (non-hydrogen) atoms. The van der Waals surface area contributed by atoms with Gasteiger partial charge < -0.3 is 14.8 Å². The van der Waals surface area contributed by atoms with E-state index in [4.69, 9.17) is 14.5 Å². The average Bonchev–Trinajstić information content (AvgIpc) is 3.11. The Bertz CT molecular complexity index is 713. The van der Waals surface area contributed by atoms with Crippen molar-refractivity contribution in [2.75, 3.05) is 19.5 Å². The summed E-state index contributed by atoms with van der Waals surface area (Å²) < 4.78 is 10.5. The van der Waals surface area contributed by atoms with Gasteiger partial charge in [-0.3, -0.25) is 4.99 Å². The van der Waals surface area contributed by atoms with Gasteiger partial charge in [-0.1, -0.05) is 33.1 Å². The van der Waals surface area contributed by atoms with Crippen molar-refractivity contribution in [2.45, 2.75) is 47.6 Å². The molecule has 0 aliphatic rings. The second-order valence-electron chi connectivity index (χ2n) is 5.62.